The van der Waals surface area contributed by atoms with Crippen LogP contribution >= 0.6 is 0 Å². The predicted octanol–water partition coefficient (Wildman–Crippen LogP) is 11.8. The van der Waals surface area contributed by atoms with Crippen LogP contribution in [0.1, 0.15) is 0 Å². The van der Waals surface area contributed by atoms with E-state index in [1.807, 2.05) is 48.5 Å². The molecule has 7 aromatic carbocycles. The molecule has 0 saturated heterocycles. The fourth-order valence-electron chi connectivity index (χ4n) is 6.63. The van der Waals surface area contributed by atoms with Crippen LogP contribution in [-0.4, -0.2) is 4.98 Å². The van der Waals surface area contributed by atoms with Gasteiger partial charge in [0.05, 0.1) is 0 Å². The quantitative estimate of drug-likeness (QED) is 0.210. The van der Waals surface area contributed by atoms with Crippen molar-refractivity contribution in [2.75, 3.05) is 0 Å². The zero-order valence-corrected chi connectivity index (χ0v) is 24.0. The van der Waals surface area contributed by atoms with Crippen molar-refractivity contribution in [3.63, 3.8) is 0 Å². The highest BCUT2D eigenvalue weighted by Crippen LogP contribution is 2.39. The Morgan fingerprint density at radius 2 is 0.844 bits per heavy atom. The fourth-order valence-corrected chi connectivity index (χ4v) is 6.63. The van der Waals surface area contributed by atoms with E-state index in [1.54, 1.807) is 0 Å². The molecule has 0 atom stereocenters. The maximum atomic E-state index is 6.42. The number of nitrogens with zero attached hydrogens (tertiary/aromatic N) is 1. The van der Waals surface area contributed by atoms with E-state index in [4.69, 9.17) is 18.2 Å². The first-order valence-corrected chi connectivity index (χ1v) is 15.0. The summed E-state index contributed by atoms with van der Waals surface area (Å²) in [6.07, 6.45) is 0. The van der Waals surface area contributed by atoms with Gasteiger partial charge in [0.2, 0.25) is 5.89 Å². The van der Waals surface area contributed by atoms with Gasteiger partial charge in [0.25, 0.3) is 0 Å². The molecule has 0 N–H and O–H groups in total. The molecule has 0 fully saturated rings. The number of oxazole rings is 1. The van der Waals surface area contributed by atoms with Crippen molar-refractivity contribution >= 4 is 65.7 Å². The first kappa shape index (κ1) is 24.3. The van der Waals surface area contributed by atoms with Crippen LogP contribution in [0.5, 0.6) is 0 Å². The predicted molar refractivity (Wildman–Crippen MR) is 182 cm³/mol. The van der Waals surface area contributed by atoms with Crippen molar-refractivity contribution in [1.82, 2.24) is 4.98 Å². The first-order chi connectivity index (χ1) is 22.2. The molecule has 0 aliphatic heterocycles. The minimum absolute atomic E-state index is 0.582. The van der Waals surface area contributed by atoms with E-state index in [2.05, 4.69) is 91.0 Å². The van der Waals surface area contributed by atoms with Crippen molar-refractivity contribution in [2.45, 2.75) is 0 Å². The van der Waals surface area contributed by atoms with Gasteiger partial charge in [-0.05, 0) is 99.8 Å². The first-order valence-electron chi connectivity index (χ1n) is 15.0. The summed E-state index contributed by atoms with van der Waals surface area (Å²) in [5.41, 5.74) is 10.2. The molecule has 10 rings (SSSR count). The maximum Gasteiger partial charge on any atom is 0.227 e. The number of furan rings is 2. The lowest BCUT2D eigenvalue weighted by molar-refractivity contribution is 0.620. The summed E-state index contributed by atoms with van der Waals surface area (Å²) < 4.78 is 18.9. The third kappa shape index (κ3) is 3.82. The van der Waals surface area contributed by atoms with Crippen molar-refractivity contribution in [1.29, 1.82) is 0 Å². The minimum Gasteiger partial charge on any atom is -0.456 e. The number of rotatable bonds is 3. The molecular weight excluding hydrogens is 554 g/mol. The molecular formula is C41H23NO3. The zero-order valence-electron chi connectivity index (χ0n) is 24.0. The Balaban J connectivity index is 1.18. The Kier molecular flexibility index (Phi) is 4.96. The Morgan fingerprint density at radius 1 is 0.333 bits per heavy atom. The number of hydrogen-bond donors (Lipinski definition) is 0. The third-order valence-corrected chi connectivity index (χ3v) is 8.86. The maximum absolute atomic E-state index is 6.42. The van der Waals surface area contributed by atoms with E-state index in [9.17, 15) is 0 Å². The molecule has 0 aliphatic carbocycles. The summed E-state index contributed by atoms with van der Waals surface area (Å²) in [6, 6.07) is 48.1. The van der Waals surface area contributed by atoms with Crippen molar-refractivity contribution in [3.05, 3.63) is 140 Å². The van der Waals surface area contributed by atoms with Gasteiger partial charge in [-0.15, -0.1) is 0 Å². The van der Waals surface area contributed by atoms with Gasteiger partial charge in [0.1, 0.15) is 27.8 Å². The summed E-state index contributed by atoms with van der Waals surface area (Å²) in [4.78, 5) is 4.96. The summed E-state index contributed by atoms with van der Waals surface area (Å²) in [7, 11) is 0. The highest BCUT2D eigenvalue weighted by Gasteiger charge is 2.16. The van der Waals surface area contributed by atoms with Gasteiger partial charge in [-0.25, -0.2) is 4.98 Å². The van der Waals surface area contributed by atoms with Crippen LogP contribution in [0.25, 0.3) is 99.5 Å². The zero-order chi connectivity index (χ0) is 29.5. The molecule has 0 unspecified atom stereocenters. The van der Waals surface area contributed by atoms with E-state index in [0.717, 1.165) is 93.6 Å². The minimum atomic E-state index is 0.582. The normalized spacial score (nSPS) is 12.0. The lowest BCUT2D eigenvalue weighted by atomic mass is 9.95. The number of fused-ring (bicyclic) bond motifs is 8. The fraction of sp³-hybridized carbons (Fsp3) is 0. The second-order valence-corrected chi connectivity index (χ2v) is 11.6. The lowest BCUT2D eigenvalue weighted by Crippen LogP contribution is -1.86. The SMILES string of the molecule is c1ccc2cc3oc(-c4cc(-c5ccc6c(c5)oc5ccccc56)cc(-c5ccc6c(c5)oc5ccccc56)c4)nc3cc2c1. The van der Waals surface area contributed by atoms with Gasteiger partial charge >= 0.3 is 0 Å². The van der Waals surface area contributed by atoms with Gasteiger partial charge < -0.3 is 13.3 Å². The molecule has 0 amide bonds. The van der Waals surface area contributed by atoms with Crippen LogP contribution in [0.15, 0.2) is 153 Å². The van der Waals surface area contributed by atoms with Crippen molar-refractivity contribution in [3.8, 4) is 33.7 Å². The lowest BCUT2D eigenvalue weighted by Gasteiger charge is -2.10. The number of aromatic nitrogens is 1. The van der Waals surface area contributed by atoms with Crippen LogP contribution in [0.4, 0.5) is 0 Å². The Hall–Kier alpha value is -6.13. The molecule has 0 radical (unpaired) electrons. The summed E-state index contributed by atoms with van der Waals surface area (Å²) >= 11 is 0. The van der Waals surface area contributed by atoms with Gasteiger partial charge in [0, 0.05) is 27.1 Å². The van der Waals surface area contributed by atoms with Crippen LogP contribution < -0.4 is 0 Å². The summed E-state index contributed by atoms with van der Waals surface area (Å²) in [5, 5.41) is 6.70. The van der Waals surface area contributed by atoms with Gasteiger partial charge in [0.15, 0.2) is 5.58 Å². The average molecular weight is 578 g/mol. The van der Waals surface area contributed by atoms with Crippen molar-refractivity contribution in [2.24, 2.45) is 0 Å². The average Bonchev–Trinajstić information content (AvgIpc) is 3.79. The topological polar surface area (TPSA) is 52.3 Å². The van der Waals surface area contributed by atoms with E-state index in [-0.39, 0.29) is 0 Å². The highest BCUT2D eigenvalue weighted by molar-refractivity contribution is 6.07. The molecule has 0 aliphatic rings. The van der Waals surface area contributed by atoms with E-state index >= 15 is 0 Å². The van der Waals surface area contributed by atoms with E-state index < -0.39 is 0 Å². The van der Waals surface area contributed by atoms with Crippen molar-refractivity contribution < 1.29 is 13.3 Å². The smallest absolute Gasteiger partial charge is 0.227 e. The molecule has 0 bridgehead atoms. The highest BCUT2D eigenvalue weighted by atomic mass is 16.3. The molecule has 4 heteroatoms. The Labute approximate surface area is 256 Å². The molecule has 0 spiro atoms. The monoisotopic (exact) mass is 577 g/mol. The van der Waals surface area contributed by atoms with Gasteiger partial charge in [-0.3, -0.25) is 0 Å². The molecule has 4 nitrogen and oxygen atoms in total. The molecule has 210 valence electrons. The molecule has 10 aromatic rings. The van der Waals surface area contributed by atoms with E-state index in [0.29, 0.717) is 5.89 Å². The molecule has 3 heterocycles. The van der Waals surface area contributed by atoms with Crippen LogP contribution in [0, 0.1) is 0 Å². The van der Waals surface area contributed by atoms with Crippen LogP contribution in [0.3, 0.4) is 0 Å². The second-order valence-electron chi connectivity index (χ2n) is 11.6. The Morgan fingerprint density at radius 3 is 1.47 bits per heavy atom. The summed E-state index contributed by atoms with van der Waals surface area (Å²) in [5.74, 6) is 0.582. The van der Waals surface area contributed by atoms with E-state index in [1.165, 1.54) is 0 Å². The standard InChI is InChI=1S/C41H23NO3/c1-2-8-25-23-40-35(20-24(25)7-1)42-41(45-40)30-18-28(26-13-15-33-31-9-3-5-11-36(31)43-38(33)21-26)17-29(19-30)27-14-16-34-32-10-4-6-12-37(32)44-39(34)22-27/h1-23H. The third-order valence-electron chi connectivity index (χ3n) is 8.86. The number of para-hydroxylation sites is 2. The van der Waals surface area contributed by atoms with Crippen LogP contribution in [-0.2, 0) is 0 Å². The van der Waals surface area contributed by atoms with Gasteiger partial charge in [-0.1, -0.05) is 72.8 Å². The largest absolute Gasteiger partial charge is 0.456 e. The number of benzene rings is 7. The van der Waals surface area contributed by atoms with Gasteiger partial charge in [-0.2, -0.15) is 0 Å². The molecule has 0 saturated carbocycles. The number of hydrogen-bond acceptors (Lipinski definition) is 4. The Bertz CT molecular complexity index is 2550. The summed E-state index contributed by atoms with van der Waals surface area (Å²) in [6.45, 7) is 0. The van der Waals surface area contributed by atoms with Crippen LogP contribution in [0.2, 0.25) is 0 Å². The molecule has 45 heavy (non-hydrogen) atoms. The second kappa shape index (κ2) is 9.18. The molecule has 3 aromatic heterocycles.